The van der Waals surface area contributed by atoms with Crippen molar-refractivity contribution in [3.05, 3.63) is 47.5 Å². The lowest BCUT2D eigenvalue weighted by molar-refractivity contribution is -0.0930. The van der Waals surface area contributed by atoms with Crippen LogP contribution in [0.2, 0.25) is 5.02 Å². The van der Waals surface area contributed by atoms with Gasteiger partial charge in [0.2, 0.25) is 0 Å². The molecule has 1 aromatic heterocycles. The maximum atomic E-state index is 11.5. The number of halogens is 1. The highest BCUT2D eigenvalue weighted by molar-refractivity contribution is 6.30. The Bertz CT molecular complexity index is 654. The zero-order valence-electron chi connectivity index (χ0n) is 14.5. The van der Waals surface area contributed by atoms with Crippen molar-refractivity contribution in [3.8, 4) is 0 Å². The molecule has 1 saturated carbocycles. The minimum Gasteiger partial charge on any atom is -0.387 e. The van der Waals surface area contributed by atoms with E-state index in [0.717, 1.165) is 37.1 Å². The zero-order chi connectivity index (χ0) is 17.2. The van der Waals surface area contributed by atoms with Gasteiger partial charge in [0.05, 0.1) is 12.1 Å². The third kappa shape index (κ3) is 3.50. The predicted molar refractivity (Wildman–Crippen MR) is 95.9 cm³/mol. The van der Waals surface area contributed by atoms with Crippen molar-refractivity contribution in [3.63, 3.8) is 0 Å². The summed E-state index contributed by atoms with van der Waals surface area (Å²) in [6.07, 6.45) is 8.45. The van der Waals surface area contributed by atoms with Crippen molar-refractivity contribution in [1.82, 2.24) is 14.8 Å². The molecule has 1 fully saturated rings. The summed E-state index contributed by atoms with van der Waals surface area (Å²) in [7, 11) is 0. The summed E-state index contributed by atoms with van der Waals surface area (Å²) in [6, 6.07) is 8.05. The largest absolute Gasteiger partial charge is 0.387 e. The maximum absolute atomic E-state index is 11.5. The Morgan fingerprint density at radius 1 is 1.29 bits per heavy atom. The van der Waals surface area contributed by atoms with Crippen molar-refractivity contribution in [2.75, 3.05) is 0 Å². The van der Waals surface area contributed by atoms with Crippen molar-refractivity contribution in [2.24, 2.45) is 11.3 Å². The molecule has 0 radical (unpaired) electrons. The normalized spacial score (nSPS) is 25.9. The fourth-order valence-corrected chi connectivity index (χ4v) is 4.16. The van der Waals surface area contributed by atoms with Crippen LogP contribution in [0.1, 0.15) is 45.1 Å². The molecule has 3 rings (SSSR count). The van der Waals surface area contributed by atoms with Crippen LogP contribution in [0.5, 0.6) is 0 Å². The van der Waals surface area contributed by atoms with Crippen LogP contribution < -0.4 is 0 Å². The van der Waals surface area contributed by atoms with E-state index < -0.39 is 5.60 Å². The second-order valence-electron chi connectivity index (χ2n) is 7.66. The minimum absolute atomic E-state index is 0.107. The van der Waals surface area contributed by atoms with Crippen LogP contribution in [0, 0.1) is 11.3 Å². The van der Waals surface area contributed by atoms with Gasteiger partial charge in [-0.15, -0.1) is 0 Å². The second kappa shape index (κ2) is 6.85. The van der Waals surface area contributed by atoms with Crippen LogP contribution in [-0.2, 0) is 13.0 Å². The molecule has 1 aliphatic carbocycles. The molecule has 0 amide bonds. The molecule has 1 heterocycles. The second-order valence-corrected chi connectivity index (χ2v) is 8.09. The van der Waals surface area contributed by atoms with Crippen LogP contribution in [-0.4, -0.2) is 25.5 Å². The molecule has 2 atom stereocenters. The summed E-state index contributed by atoms with van der Waals surface area (Å²) < 4.78 is 1.76. The molecule has 0 saturated heterocycles. The van der Waals surface area contributed by atoms with Gasteiger partial charge in [0.15, 0.2) is 0 Å². The van der Waals surface area contributed by atoms with Crippen molar-refractivity contribution >= 4 is 11.6 Å². The van der Waals surface area contributed by atoms with Crippen molar-refractivity contribution < 1.29 is 5.11 Å². The van der Waals surface area contributed by atoms with Gasteiger partial charge in [0, 0.05) is 5.02 Å². The Balaban J connectivity index is 1.64. The molecule has 5 heteroatoms. The SMILES string of the molecule is CC1(C)CCC(CCCc2ccc(Cl)cc2)C1(O)Cn1cncn1. The lowest BCUT2D eigenvalue weighted by Gasteiger charge is -2.40. The van der Waals surface area contributed by atoms with Gasteiger partial charge >= 0.3 is 0 Å². The Kier molecular flexibility index (Phi) is 4.97. The topological polar surface area (TPSA) is 50.9 Å². The lowest BCUT2D eigenvalue weighted by Crippen LogP contribution is -2.48. The van der Waals surface area contributed by atoms with Crippen LogP contribution in [0.25, 0.3) is 0 Å². The van der Waals surface area contributed by atoms with Gasteiger partial charge in [-0.05, 0) is 61.1 Å². The molecule has 0 spiro atoms. The number of rotatable bonds is 6. The average molecular weight is 348 g/mol. The number of hydrogen-bond acceptors (Lipinski definition) is 3. The quantitative estimate of drug-likeness (QED) is 0.855. The van der Waals surface area contributed by atoms with E-state index in [1.54, 1.807) is 11.0 Å². The van der Waals surface area contributed by atoms with Gasteiger partial charge in [-0.1, -0.05) is 37.6 Å². The lowest BCUT2D eigenvalue weighted by atomic mass is 9.73. The molecule has 1 N–H and O–H groups in total. The molecular weight excluding hydrogens is 322 g/mol. The van der Waals surface area contributed by atoms with E-state index in [4.69, 9.17) is 11.6 Å². The highest BCUT2D eigenvalue weighted by Crippen LogP contribution is 2.52. The molecule has 24 heavy (non-hydrogen) atoms. The fourth-order valence-electron chi connectivity index (χ4n) is 4.03. The third-order valence-corrected chi connectivity index (χ3v) is 6.02. The van der Waals surface area contributed by atoms with Crippen LogP contribution >= 0.6 is 11.6 Å². The Morgan fingerprint density at radius 3 is 2.71 bits per heavy atom. The number of aliphatic hydroxyl groups is 1. The molecule has 2 aromatic rings. The van der Waals surface area contributed by atoms with Gasteiger partial charge in [-0.25, -0.2) is 4.98 Å². The summed E-state index contributed by atoms with van der Waals surface area (Å²) >= 11 is 5.94. The van der Waals surface area contributed by atoms with Gasteiger partial charge in [-0.2, -0.15) is 5.10 Å². The fraction of sp³-hybridized carbons (Fsp3) is 0.579. The van der Waals surface area contributed by atoms with Crippen molar-refractivity contribution in [2.45, 2.75) is 58.1 Å². The first-order valence-electron chi connectivity index (χ1n) is 8.70. The first-order valence-corrected chi connectivity index (χ1v) is 9.08. The van der Waals surface area contributed by atoms with E-state index in [9.17, 15) is 5.11 Å². The van der Waals surface area contributed by atoms with E-state index >= 15 is 0 Å². The minimum atomic E-state index is -0.735. The number of aryl methyl sites for hydroxylation is 1. The van der Waals surface area contributed by atoms with Crippen LogP contribution in [0.4, 0.5) is 0 Å². The molecule has 4 nitrogen and oxygen atoms in total. The van der Waals surface area contributed by atoms with E-state index in [1.807, 2.05) is 12.1 Å². The van der Waals surface area contributed by atoms with E-state index in [0.29, 0.717) is 12.5 Å². The number of nitrogens with zero attached hydrogens (tertiary/aromatic N) is 3. The van der Waals surface area contributed by atoms with Gasteiger partial charge in [-0.3, -0.25) is 4.68 Å². The predicted octanol–water partition coefficient (Wildman–Crippen LogP) is 4.12. The summed E-state index contributed by atoms with van der Waals surface area (Å²) in [5.74, 6) is 0.295. The molecule has 0 aliphatic heterocycles. The maximum Gasteiger partial charge on any atom is 0.137 e. The standard InChI is InChI=1S/C19H26ClN3O/c1-18(2)11-10-16(19(18,24)12-23-14-21-13-22-23)5-3-4-15-6-8-17(20)9-7-15/h6-9,13-14,16,24H,3-5,10-12H2,1-2H3. The summed E-state index contributed by atoms with van der Waals surface area (Å²) in [6.45, 7) is 4.86. The van der Waals surface area contributed by atoms with Crippen LogP contribution in [0.15, 0.2) is 36.9 Å². The molecule has 1 aliphatic rings. The first-order chi connectivity index (χ1) is 11.4. The number of benzene rings is 1. The van der Waals surface area contributed by atoms with Gasteiger partial charge in [0.1, 0.15) is 12.7 Å². The summed E-state index contributed by atoms with van der Waals surface area (Å²) in [4.78, 5) is 4.01. The average Bonchev–Trinajstić information content (AvgIpc) is 3.11. The zero-order valence-corrected chi connectivity index (χ0v) is 15.2. The summed E-state index contributed by atoms with van der Waals surface area (Å²) in [5.41, 5.74) is 0.460. The smallest absolute Gasteiger partial charge is 0.137 e. The van der Waals surface area contributed by atoms with E-state index in [1.165, 1.54) is 11.9 Å². The molecule has 2 unspecified atom stereocenters. The molecule has 0 bridgehead atoms. The van der Waals surface area contributed by atoms with Gasteiger partial charge < -0.3 is 5.11 Å². The Morgan fingerprint density at radius 2 is 2.04 bits per heavy atom. The molecule has 1 aromatic carbocycles. The number of aromatic nitrogens is 3. The van der Waals surface area contributed by atoms with Crippen molar-refractivity contribution in [1.29, 1.82) is 0 Å². The molecule has 130 valence electrons. The third-order valence-electron chi connectivity index (χ3n) is 5.77. The summed E-state index contributed by atoms with van der Waals surface area (Å²) in [5, 5.41) is 16.4. The first kappa shape index (κ1) is 17.4. The highest BCUT2D eigenvalue weighted by Gasteiger charge is 2.53. The Hall–Kier alpha value is -1.39. The monoisotopic (exact) mass is 347 g/mol. The number of hydrogen-bond donors (Lipinski definition) is 1. The van der Waals surface area contributed by atoms with E-state index in [-0.39, 0.29) is 5.41 Å². The highest BCUT2D eigenvalue weighted by atomic mass is 35.5. The van der Waals surface area contributed by atoms with E-state index in [2.05, 4.69) is 36.1 Å². The van der Waals surface area contributed by atoms with Gasteiger partial charge in [0.25, 0.3) is 0 Å². The Labute approximate surface area is 148 Å². The van der Waals surface area contributed by atoms with Crippen LogP contribution in [0.3, 0.4) is 0 Å². The molecular formula is C19H26ClN3O.